The van der Waals surface area contributed by atoms with Gasteiger partial charge in [-0.1, -0.05) is 6.92 Å². The predicted octanol–water partition coefficient (Wildman–Crippen LogP) is 2.23. The molecule has 1 heterocycles. The van der Waals surface area contributed by atoms with Crippen LogP contribution in [0.15, 0.2) is 22.8 Å². The molecule has 0 aliphatic carbocycles. The zero-order valence-corrected chi connectivity index (χ0v) is 10.9. The minimum atomic E-state index is -0.576. The standard InChI is InChI=1S/C13H21NO3/c1-5-13(12(2,3)14,9-11(15)16-4)10-7-6-8-17-10/h6-8H,5,9,14H2,1-4H3. The lowest BCUT2D eigenvalue weighted by atomic mass is 9.66. The van der Waals surface area contributed by atoms with Crippen LogP contribution in [0.5, 0.6) is 0 Å². The van der Waals surface area contributed by atoms with Gasteiger partial charge in [-0.25, -0.2) is 0 Å². The third-order valence-corrected chi connectivity index (χ3v) is 3.50. The van der Waals surface area contributed by atoms with E-state index in [2.05, 4.69) is 0 Å². The fourth-order valence-corrected chi connectivity index (χ4v) is 2.26. The van der Waals surface area contributed by atoms with Crippen LogP contribution < -0.4 is 5.73 Å². The molecule has 1 aromatic heterocycles. The number of hydrogen-bond acceptors (Lipinski definition) is 4. The van der Waals surface area contributed by atoms with Crippen molar-refractivity contribution in [1.29, 1.82) is 0 Å². The van der Waals surface area contributed by atoms with E-state index in [1.807, 2.05) is 32.9 Å². The zero-order chi connectivity index (χ0) is 13.1. The van der Waals surface area contributed by atoms with Crippen molar-refractivity contribution in [3.05, 3.63) is 24.2 Å². The van der Waals surface area contributed by atoms with Gasteiger partial charge in [-0.15, -0.1) is 0 Å². The minimum absolute atomic E-state index is 0.219. The summed E-state index contributed by atoms with van der Waals surface area (Å²) in [5.41, 5.74) is 5.14. The molecule has 96 valence electrons. The second kappa shape index (κ2) is 4.92. The summed E-state index contributed by atoms with van der Waals surface area (Å²) < 4.78 is 10.2. The number of carbonyl (C=O) groups excluding carboxylic acids is 1. The second-order valence-electron chi connectivity index (χ2n) is 4.89. The molecular weight excluding hydrogens is 218 g/mol. The highest BCUT2D eigenvalue weighted by atomic mass is 16.5. The molecule has 0 aliphatic heterocycles. The second-order valence-corrected chi connectivity index (χ2v) is 4.89. The highest BCUT2D eigenvalue weighted by Gasteiger charge is 2.46. The lowest BCUT2D eigenvalue weighted by Gasteiger charge is -2.41. The van der Waals surface area contributed by atoms with E-state index < -0.39 is 11.0 Å². The molecule has 0 radical (unpaired) electrons. The largest absolute Gasteiger partial charge is 0.469 e. The van der Waals surface area contributed by atoms with E-state index in [4.69, 9.17) is 14.9 Å². The summed E-state index contributed by atoms with van der Waals surface area (Å²) in [6, 6.07) is 3.67. The number of methoxy groups -OCH3 is 1. The van der Waals surface area contributed by atoms with Gasteiger partial charge < -0.3 is 14.9 Å². The molecule has 0 bridgehead atoms. The van der Waals surface area contributed by atoms with Crippen molar-refractivity contribution in [2.45, 2.75) is 44.6 Å². The van der Waals surface area contributed by atoms with Crippen LogP contribution in [0.3, 0.4) is 0 Å². The van der Waals surface area contributed by atoms with Gasteiger partial charge in [0.05, 0.1) is 25.2 Å². The van der Waals surface area contributed by atoms with Crippen LogP contribution in [0.1, 0.15) is 39.4 Å². The maximum Gasteiger partial charge on any atom is 0.306 e. The first-order valence-corrected chi connectivity index (χ1v) is 5.77. The summed E-state index contributed by atoms with van der Waals surface area (Å²) in [7, 11) is 1.38. The van der Waals surface area contributed by atoms with Gasteiger partial charge in [0.15, 0.2) is 0 Å². The Kier molecular flexibility index (Phi) is 3.98. The first-order valence-electron chi connectivity index (χ1n) is 5.77. The van der Waals surface area contributed by atoms with Gasteiger partial charge in [0.2, 0.25) is 0 Å². The van der Waals surface area contributed by atoms with E-state index >= 15 is 0 Å². The molecule has 4 heteroatoms. The summed E-state index contributed by atoms with van der Waals surface area (Å²) >= 11 is 0. The molecule has 0 amide bonds. The Morgan fingerprint density at radius 3 is 2.53 bits per heavy atom. The maximum atomic E-state index is 11.6. The summed E-state index contributed by atoms with van der Waals surface area (Å²) in [6.45, 7) is 5.81. The van der Waals surface area contributed by atoms with Gasteiger partial charge >= 0.3 is 5.97 Å². The van der Waals surface area contributed by atoms with E-state index in [0.717, 1.165) is 5.76 Å². The highest BCUT2D eigenvalue weighted by molar-refractivity contribution is 5.71. The Morgan fingerprint density at radius 2 is 2.18 bits per heavy atom. The van der Waals surface area contributed by atoms with Gasteiger partial charge in [-0.05, 0) is 32.4 Å². The van der Waals surface area contributed by atoms with Crippen LogP contribution in [0.4, 0.5) is 0 Å². The Hall–Kier alpha value is -1.29. The van der Waals surface area contributed by atoms with Crippen molar-refractivity contribution in [3.63, 3.8) is 0 Å². The third kappa shape index (κ3) is 2.52. The Balaban J connectivity index is 3.20. The fourth-order valence-electron chi connectivity index (χ4n) is 2.26. The zero-order valence-electron chi connectivity index (χ0n) is 10.9. The molecular formula is C13H21NO3. The van der Waals surface area contributed by atoms with E-state index in [9.17, 15) is 4.79 Å². The van der Waals surface area contributed by atoms with Crippen molar-refractivity contribution in [2.75, 3.05) is 7.11 Å². The van der Waals surface area contributed by atoms with Gasteiger partial charge in [-0.2, -0.15) is 0 Å². The number of esters is 1. The van der Waals surface area contributed by atoms with Crippen molar-refractivity contribution in [1.82, 2.24) is 0 Å². The molecule has 1 rings (SSSR count). The molecule has 4 nitrogen and oxygen atoms in total. The summed E-state index contributed by atoms with van der Waals surface area (Å²) in [5.74, 6) is 0.458. The average molecular weight is 239 g/mol. The molecule has 0 fully saturated rings. The number of ether oxygens (including phenoxy) is 1. The Bertz CT molecular complexity index is 365. The van der Waals surface area contributed by atoms with Crippen molar-refractivity contribution in [3.8, 4) is 0 Å². The Labute approximate surface area is 102 Å². The predicted molar refractivity (Wildman–Crippen MR) is 65.6 cm³/mol. The van der Waals surface area contributed by atoms with E-state index in [1.54, 1.807) is 6.26 Å². The molecule has 0 spiro atoms. The van der Waals surface area contributed by atoms with Gasteiger partial charge in [0.25, 0.3) is 0 Å². The number of furan rings is 1. The monoisotopic (exact) mass is 239 g/mol. The number of rotatable bonds is 5. The lowest BCUT2D eigenvalue weighted by molar-refractivity contribution is -0.143. The molecule has 1 atom stereocenters. The SMILES string of the molecule is CCC(CC(=O)OC)(c1ccco1)C(C)(C)N. The first-order chi connectivity index (χ1) is 7.87. The van der Waals surface area contributed by atoms with Crippen LogP contribution in [0, 0.1) is 0 Å². The normalized spacial score (nSPS) is 15.4. The summed E-state index contributed by atoms with van der Waals surface area (Å²) in [6.07, 6.45) is 2.53. The number of nitrogens with two attached hydrogens (primary N) is 1. The smallest absolute Gasteiger partial charge is 0.306 e. The van der Waals surface area contributed by atoms with Crippen LogP contribution >= 0.6 is 0 Å². The van der Waals surface area contributed by atoms with Gasteiger partial charge in [0.1, 0.15) is 5.76 Å². The van der Waals surface area contributed by atoms with Crippen LogP contribution in [0.25, 0.3) is 0 Å². The highest BCUT2D eigenvalue weighted by Crippen LogP contribution is 2.40. The quantitative estimate of drug-likeness (QED) is 0.800. The maximum absolute atomic E-state index is 11.6. The fraction of sp³-hybridized carbons (Fsp3) is 0.615. The molecule has 0 saturated heterocycles. The minimum Gasteiger partial charge on any atom is -0.469 e. The molecule has 1 aromatic rings. The Morgan fingerprint density at radius 1 is 1.53 bits per heavy atom. The molecule has 0 aromatic carbocycles. The van der Waals surface area contributed by atoms with Crippen LogP contribution in [-0.2, 0) is 14.9 Å². The summed E-state index contributed by atoms with van der Waals surface area (Å²) in [5, 5.41) is 0. The molecule has 17 heavy (non-hydrogen) atoms. The summed E-state index contributed by atoms with van der Waals surface area (Å²) in [4.78, 5) is 11.6. The van der Waals surface area contributed by atoms with E-state index in [1.165, 1.54) is 7.11 Å². The molecule has 1 unspecified atom stereocenters. The van der Waals surface area contributed by atoms with Crippen LogP contribution in [-0.4, -0.2) is 18.6 Å². The molecule has 0 saturated carbocycles. The van der Waals surface area contributed by atoms with E-state index in [0.29, 0.717) is 6.42 Å². The van der Waals surface area contributed by atoms with Gasteiger partial charge in [-0.3, -0.25) is 4.79 Å². The topological polar surface area (TPSA) is 65.5 Å². The van der Waals surface area contributed by atoms with Crippen molar-refractivity contribution in [2.24, 2.45) is 5.73 Å². The molecule has 0 aliphatic rings. The molecule has 2 N–H and O–H groups in total. The third-order valence-electron chi connectivity index (χ3n) is 3.50. The number of carbonyl (C=O) groups is 1. The average Bonchev–Trinajstić information content (AvgIpc) is 2.77. The van der Waals surface area contributed by atoms with E-state index in [-0.39, 0.29) is 12.4 Å². The number of hydrogen-bond donors (Lipinski definition) is 1. The van der Waals surface area contributed by atoms with Crippen LogP contribution in [0.2, 0.25) is 0 Å². The lowest BCUT2D eigenvalue weighted by Crippen LogP contribution is -2.54. The first kappa shape index (κ1) is 13.8. The van der Waals surface area contributed by atoms with Crippen molar-refractivity contribution < 1.29 is 13.9 Å². The van der Waals surface area contributed by atoms with Crippen molar-refractivity contribution >= 4 is 5.97 Å². The van der Waals surface area contributed by atoms with Gasteiger partial charge in [0, 0.05) is 5.54 Å².